The molecule has 0 spiro atoms. The van der Waals surface area contributed by atoms with Crippen molar-refractivity contribution in [2.24, 2.45) is 0 Å². The van der Waals surface area contributed by atoms with Crippen molar-refractivity contribution in [2.45, 2.75) is 13.2 Å². The first-order valence-electron chi connectivity index (χ1n) is 6.08. The van der Waals surface area contributed by atoms with Crippen LogP contribution in [0.2, 0.25) is 0 Å². The number of aliphatic hydroxyl groups is 1. The molecule has 0 aliphatic heterocycles. The number of aliphatic hydroxyl groups excluding tert-OH is 1. The van der Waals surface area contributed by atoms with Gasteiger partial charge in [0, 0.05) is 5.69 Å². The molecule has 0 fully saturated rings. The zero-order valence-electron chi connectivity index (χ0n) is 11.1. The summed E-state index contributed by atoms with van der Waals surface area (Å²) in [6, 6.07) is 9.39. The van der Waals surface area contributed by atoms with Gasteiger partial charge in [-0.1, -0.05) is 6.07 Å². The molecule has 0 atom stereocenters. The summed E-state index contributed by atoms with van der Waals surface area (Å²) in [6.07, 6.45) is 0. The van der Waals surface area contributed by atoms with E-state index < -0.39 is 5.82 Å². The lowest BCUT2D eigenvalue weighted by Gasteiger charge is -2.12. The van der Waals surface area contributed by atoms with Gasteiger partial charge < -0.3 is 20.3 Å². The molecule has 0 bridgehead atoms. The fourth-order valence-corrected chi connectivity index (χ4v) is 1.85. The monoisotopic (exact) mass is 277 g/mol. The molecule has 0 aliphatic carbocycles. The van der Waals surface area contributed by atoms with Crippen LogP contribution in [-0.2, 0) is 13.2 Å². The van der Waals surface area contributed by atoms with Crippen LogP contribution in [0.15, 0.2) is 36.4 Å². The number of ether oxygens (including phenoxy) is 2. The number of benzene rings is 2. The van der Waals surface area contributed by atoms with Gasteiger partial charge in [-0.15, -0.1) is 0 Å². The summed E-state index contributed by atoms with van der Waals surface area (Å²) in [5, 5.41) is 9.07. The second-order valence-electron chi connectivity index (χ2n) is 4.32. The summed E-state index contributed by atoms with van der Waals surface area (Å²) in [7, 11) is 1.52. The van der Waals surface area contributed by atoms with Crippen LogP contribution in [0.4, 0.5) is 10.1 Å². The van der Waals surface area contributed by atoms with E-state index in [1.807, 2.05) is 0 Å². The maximum atomic E-state index is 13.2. The molecule has 5 heteroatoms. The molecule has 2 rings (SSSR count). The molecule has 106 valence electrons. The molecule has 0 saturated heterocycles. The summed E-state index contributed by atoms with van der Waals surface area (Å²) >= 11 is 0. The molecule has 0 amide bonds. The molecule has 3 N–H and O–H groups in total. The van der Waals surface area contributed by atoms with Gasteiger partial charge in [-0.3, -0.25) is 0 Å². The van der Waals surface area contributed by atoms with Crippen LogP contribution < -0.4 is 15.2 Å². The fourth-order valence-electron chi connectivity index (χ4n) is 1.85. The van der Waals surface area contributed by atoms with E-state index in [0.29, 0.717) is 22.7 Å². The van der Waals surface area contributed by atoms with Gasteiger partial charge in [0.25, 0.3) is 0 Å². The van der Waals surface area contributed by atoms with Crippen LogP contribution in [-0.4, -0.2) is 12.2 Å². The Labute approximate surface area is 116 Å². The van der Waals surface area contributed by atoms with E-state index >= 15 is 0 Å². The number of hydrogen-bond acceptors (Lipinski definition) is 4. The normalized spacial score (nSPS) is 10.3. The summed E-state index contributed by atoms with van der Waals surface area (Å²) in [4.78, 5) is 0. The van der Waals surface area contributed by atoms with Gasteiger partial charge in [0.05, 0.1) is 13.7 Å². The highest BCUT2D eigenvalue weighted by Gasteiger charge is 2.07. The third-order valence-electron chi connectivity index (χ3n) is 2.78. The zero-order valence-corrected chi connectivity index (χ0v) is 11.1. The molecule has 0 saturated carbocycles. The van der Waals surface area contributed by atoms with Gasteiger partial charge >= 0.3 is 0 Å². The van der Waals surface area contributed by atoms with Crippen molar-refractivity contribution < 1.29 is 19.0 Å². The van der Waals surface area contributed by atoms with E-state index in [2.05, 4.69) is 0 Å². The van der Waals surface area contributed by atoms with Crippen molar-refractivity contribution in [3.63, 3.8) is 0 Å². The fraction of sp³-hybridized carbons (Fsp3) is 0.200. The number of anilines is 1. The minimum atomic E-state index is -0.397. The third kappa shape index (κ3) is 3.39. The largest absolute Gasteiger partial charge is 0.493 e. The molecule has 0 aromatic heterocycles. The van der Waals surface area contributed by atoms with Crippen molar-refractivity contribution in [1.82, 2.24) is 0 Å². The van der Waals surface area contributed by atoms with Crippen LogP contribution in [0.25, 0.3) is 0 Å². The standard InChI is InChI=1S/C15H16FNO3/c1-19-15-6-10(8-18)2-3-14(15)20-9-11-4-12(16)7-13(17)5-11/h2-7,18H,8-9,17H2,1H3. The molecule has 0 unspecified atom stereocenters. The van der Waals surface area contributed by atoms with Gasteiger partial charge in [0.15, 0.2) is 11.5 Å². The number of nitrogen functional groups attached to an aromatic ring is 1. The lowest BCUT2D eigenvalue weighted by atomic mass is 10.2. The van der Waals surface area contributed by atoms with Gasteiger partial charge in [0.1, 0.15) is 12.4 Å². The number of nitrogens with two attached hydrogens (primary N) is 1. The number of hydrogen-bond donors (Lipinski definition) is 2. The Kier molecular flexibility index (Phi) is 4.42. The smallest absolute Gasteiger partial charge is 0.161 e. The SMILES string of the molecule is COc1cc(CO)ccc1OCc1cc(N)cc(F)c1. The van der Waals surface area contributed by atoms with Gasteiger partial charge in [0.2, 0.25) is 0 Å². The van der Waals surface area contributed by atoms with Crippen LogP contribution in [0.1, 0.15) is 11.1 Å². The highest BCUT2D eigenvalue weighted by atomic mass is 19.1. The molecule has 0 heterocycles. The maximum Gasteiger partial charge on any atom is 0.161 e. The predicted molar refractivity (Wildman–Crippen MR) is 74.1 cm³/mol. The zero-order chi connectivity index (χ0) is 14.5. The number of rotatable bonds is 5. The van der Waals surface area contributed by atoms with Crippen molar-refractivity contribution in [1.29, 1.82) is 0 Å². The first-order valence-corrected chi connectivity index (χ1v) is 6.08. The molecule has 20 heavy (non-hydrogen) atoms. The Bertz CT molecular complexity index is 581. The molecule has 4 nitrogen and oxygen atoms in total. The highest BCUT2D eigenvalue weighted by Crippen LogP contribution is 2.29. The van der Waals surface area contributed by atoms with Crippen LogP contribution in [0, 0.1) is 5.82 Å². The molecular formula is C15H16FNO3. The van der Waals surface area contributed by atoms with E-state index in [1.54, 1.807) is 24.3 Å². The van der Waals surface area contributed by atoms with E-state index in [0.717, 1.165) is 5.56 Å². The molecule has 2 aromatic carbocycles. The van der Waals surface area contributed by atoms with E-state index in [1.165, 1.54) is 19.2 Å². The minimum absolute atomic E-state index is 0.0724. The highest BCUT2D eigenvalue weighted by molar-refractivity contribution is 5.44. The Hall–Kier alpha value is -2.27. The third-order valence-corrected chi connectivity index (χ3v) is 2.78. The van der Waals surface area contributed by atoms with Crippen LogP contribution in [0.3, 0.4) is 0 Å². The molecular weight excluding hydrogens is 261 g/mol. The second kappa shape index (κ2) is 6.25. The van der Waals surface area contributed by atoms with Crippen LogP contribution in [0.5, 0.6) is 11.5 Å². The first kappa shape index (κ1) is 14.1. The average molecular weight is 277 g/mol. The van der Waals surface area contributed by atoms with Gasteiger partial charge in [-0.05, 0) is 41.5 Å². The van der Waals surface area contributed by atoms with Crippen molar-refractivity contribution >= 4 is 5.69 Å². The summed E-state index contributed by atoms with van der Waals surface area (Å²) in [6.45, 7) is 0.105. The van der Waals surface area contributed by atoms with Crippen molar-refractivity contribution in [3.8, 4) is 11.5 Å². The van der Waals surface area contributed by atoms with Gasteiger partial charge in [-0.2, -0.15) is 0 Å². The van der Waals surface area contributed by atoms with Gasteiger partial charge in [-0.25, -0.2) is 4.39 Å². The quantitative estimate of drug-likeness (QED) is 0.824. The summed E-state index contributed by atoms with van der Waals surface area (Å²) in [5.41, 5.74) is 7.29. The Morgan fingerprint density at radius 3 is 2.55 bits per heavy atom. The minimum Gasteiger partial charge on any atom is -0.493 e. The number of halogens is 1. The Balaban J connectivity index is 2.14. The lowest BCUT2D eigenvalue weighted by Crippen LogP contribution is -2.00. The second-order valence-corrected chi connectivity index (χ2v) is 4.32. The molecule has 0 radical (unpaired) electrons. The lowest BCUT2D eigenvalue weighted by molar-refractivity contribution is 0.274. The van der Waals surface area contributed by atoms with E-state index in [9.17, 15) is 4.39 Å². The predicted octanol–water partition coefficient (Wildman–Crippen LogP) is 2.49. The van der Waals surface area contributed by atoms with E-state index in [-0.39, 0.29) is 13.2 Å². The Morgan fingerprint density at radius 2 is 1.90 bits per heavy atom. The average Bonchev–Trinajstić information content (AvgIpc) is 2.44. The molecule has 2 aromatic rings. The summed E-state index contributed by atoms with van der Waals surface area (Å²) < 4.78 is 24.0. The van der Waals surface area contributed by atoms with Crippen molar-refractivity contribution in [2.75, 3.05) is 12.8 Å². The molecule has 0 aliphatic rings. The summed E-state index contributed by atoms with van der Waals surface area (Å²) in [5.74, 6) is 0.639. The Morgan fingerprint density at radius 1 is 1.10 bits per heavy atom. The topological polar surface area (TPSA) is 64.7 Å². The first-order chi connectivity index (χ1) is 9.62. The number of methoxy groups -OCH3 is 1. The van der Waals surface area contributed by atoms with Crippen molar-refractivity contribution in [3.05, 3.63) is 53.3 Å². The van der Waals surface area contributed by atoms with E-state index in [4.69, 9.17) is 20.3 Å². The maximum absolute atomic E-state index is 13.2. The van der Waals surface area contributed by atoms with Crippen LogP contribution >= 0.6 is 0 Å².